The Bertz CT molecular complexity index is 1510. The smallest absolute Gasteiger partial charge is 0.255 e. The maximum atomic E-state index is 13.2. The fourth-order valence-corrected chi connectivity index (χ4v) is 5.70. The monoisotopic (exact) mass is 566 g/mol. The van der Waals surface area contributed by atoms with E-state index in [4.69, 9.17) is 15.5 Å². The maximum absolute atomic E-state index is 13.2. The summed E-state index contributed by atoms with van der Waals surface area (Å²) in [5, 5.41) is 7.35. The van der Waals surface area contributed by atoms with Crippen LogP contribution in [-0.2, 0) is 18.4 Å². The van der Waals surface area contributed by atoms with Crippen LogP contribution in [0.1, 0.15) is 35.2 Å². The Morgan fingerprint density at radius 1 is 0.929 bits per heavy atom. The van der Waals surface area contributed by atoms with Crippen molar-refractivity contribution < 1.29 is 9.53 Å². The van der Waals surface area contributed by atoms with Gasteiger partial charge in [0, 0.05) is 68.5 Å². The molecule has 10 nitrogen and oxygen atoms in total. The van der Waals surface area contributed by atoms with Gasteiger partial charge >= 0.3 is 0 Å². The lowest BCUT2D eigenvalue weighted by Gasteiger charge is -2.33. The van der Waals surface area contributed by atoms with Gasteiger partial charge in [0.15, 0.2) is 0 Å². The average Bonchev–Trinajstić information content (AvgIpc) is 3.65. The molecule has 0 radical (unpaired) electrons. The van der Waals surface area contributed by atoms with Gasteiger partial charge in [-0.15, -0.1) is 0 Å². The third-order valence-corrected chi connectivity index (χ3v) is 8.30. The number of pyridine rings is 2. The molecule has 1 saturated heterocycles. The summed E-state index contributed by atoms with van der Waals surface area (Å²) in [6, 6.07) is 14.4. The molecule has 218 valence electrons. The van der Waals surface area contributed by atoms with Crippen LogP contribution < -0.4 is 16.0 Å². The van der Waals surface area contributed by atoms with Gasteiger partial charge in [-0.1, -0.05) is 24.3 Å². The van der Waals surface area contributed by atoms with Crippen LogP contribution in [-0.4, -0.2) is 75.9 Å². The Balaban J connectivity index is 1.04. The number of nitrogens with two attached hydrogens (primary N) is 1. The molecule has 0 bridgehead atoms. The molecule has 0 unspecified atom stereocenters. The zero-order chi connectivity index (χ0) is 29.1. The highest BCUT2D eigenvalue weighted by Crippen LogP contribution is 2.27. The van der Waals surface area contributed by atoms with Crippen molar-refractivity contribution in [2.45, 2.75) is 38.0 Å². The van der Waals surface area contributed by atoms with Gasteiger partial charge in [0.05, 0.1) is 30.5 Å². The first kappa shape index (κ1) is 27.9. The second kappa shape index (κ2) is 12.3. The molecule has 1 aliphatic carbocycles. The number of nitrogens with zero attached hydrogens (tertiary/aromatic N) is 6. The molecule has 10 heteroatoms. The van der Waals surface area contributed by atoms with E-state index in [0.717, 1.165) is 79.1 Å². The number of likely N-dealkylation sites (N-methyl/N-ethyl adjacent to an activating group) is 1. The minimum absolute atomic E-state index is 0.0596. The molecule has 4 aromatic rings. The van der Waals surface area contributed by atoms with Crippen molar-refractivity contribution >= 4 is 17.5 Å². The van der Waals surface area contributed by atoms with Crippen LogP contribution in [0.4, 0.5) is 11.6 Å². The van der Waals surface area contributed by atoms with Crippen molar-refractivity contribution in [3.63, 3.8) is 0 Å². The van der Waals surface area contributed by atoms with E-state index in [2.05, 4.69) is 68.6 Å². The standard InChI is InChI=1S/C32H38N8O2/c1-38-12-14-40(15-13-38)30-11-10-24(17-34-30)23-8-6-22(7-9-23)21-42-29-5-3-4-28(29)37-32(41)27-16-25(18-35-31(27)33)26-19-36-39(2)20-26/h6-11,16-20,28-29H,3-5,12-15,21H2,1-2H3,(H2,33,35)(H,37,41)/t28-,29-/m0/s1. The van der Waals surface area contributed by atoms with Crippen LogP contribution in [0.3, 0.4) is 0 Å². The Hall–Kier alpha value is -4.28. The minimum Gasteiger partial charge on any atom is -0.383 e. The number of aromatic nitrogens is 4. The van der Waals surface area contributed by atoms with E-state index in [0.29, 0.717) is 12.2 Å². The SMILES string of the molecule is CN1CCN(c2ccc(-c3ccc(CO[C@H]4CCC[C@@H]4NC(=O)c4cc(-c5cnn(C)c5)cnc4N)cc3)cn2)CC1. The Labute approximate surface area is 246 Å². The fourth-order valence-electron chi connectivity index (χ4n) is 5.70. The Morgan fingerprint density at radius 2 is 1.69 bits per heavy atom. The number of aryl methyl sites for hydroxylation is 1. The zero-order valence-electron chi connectivity index (χ0n) is 24.2. The van der Waals surface area contributed by atoms with Crippen molar-refractivity contribution in [3.05, 3.63) is 78.4 Å². The van der Waals surface area contributed by atoms with E-state index in [1.807, 2.05) is 19.4 Å². The molecule has 2 fully saturated rings. The van der Waals surface area contributed by atoms with Crippen LogP contribution >= 0.6 is 0 Å². The molecule has 4 heterocycles. The number of rotatable bonds is 8. The lowest BCUT2D eigenvalue weighted by Crippen LogP contribution is -2.44. The molecule has 1 amide bonds. The quantitative estimate of drug-likeness (QED) is 0.332. The molecule has 3 N–H and O–H groups in total. The van der Waals surface area contributed by atoms with Crippen molar-refractivity contribution in [2.75, 3.05) is 43.9 Å². The van der Waals surface area contributed by atoms with Crippen molar-refractivity contribution in [2.24, 2.45) is 7.05 Å². The summed E-state index contributed by atoms with van der Waals surface area (Å²) in [6.07, 6.45) is 9.94. The number of piperazine rings is 1. The first-order chi connectivity index (χ1) is 20.4. The molecule has 1 aliphatic heterocycles. The Kier molecular flexibility index (Phi) is 8.16. The maximum Gasteiger partial charge on any atom is 0.255 e. The average molecular weight is 567 g/mol. The summed E-state index contributed by atoms with van der Waals surface area (Å²) in [5.74, 6) is 1.01. The van der Waals surface area contributed by atoms with Crippen LogP contribution in [0.5, 0.6) is 0 Å². The lowest BCUT2D eigenvalue weighted by molar-refractivity contribution is 0.0272. The summed E-state index contributed by atoms with van der Waals surface area (Å²) in [7, 11) is 4.01. The molecule has 1 saturated carbocycles. The number of hydrogen-bond donors (Lipinski definition) is 2. The summed E-state index contributed by atoms with van der Waals surface area (Å²) in [4.78, 5) is 26.9. The number of nitrogens with one attached hydrogen (secondary N) is 1. The molecular weight excluding hydrogens is 528 g/mol. The van der Waals surface area contributed by atoms with Gasteiger partial charge in [0.25, 0.3) is 5.91 Å². The summed E-state index contributed by atoms with van der Waals surface area (Å²) >= 11 is 0. The third-order valence-electron chi connectivity index (χ3n) is 8.30. The summed E-state index contributed by atoms with van der Waals surface area (Å²) in [6.45, 7) is 4.63. The number of hydrogen-bond acceptors (Lipinski definition) is 8. The number of carbonyl (C=O) groups excluding carboxylic acids is 1. The highest BCUT2D eigenvalue weighted by atomic mass is 16.5. The molecule has 2 atom stereocenters. The highest BCUT2D eigenvalue weighted by Gasteiger charge is 2.30. The fraction of sp³-hybridized carbons (Fsp3) is 0.375. The van der Waals surface area contributed by atoms with Gasteiger partial charge in [-0.3, -0.25) is 9.48 Å². The van der Waals surface area contributed by atoms with Crippen molar-refractivity contribution in [3.8, 4) is 22.3 Å². The predicted molar refractivity (Wildman–Crippen MR) is 164 cm³/mol. The van der Waals surface area contributed by atoms with Crippen LogP contribution in [0.25, 0.3) is 22.3 Å². The molecular formula is C32H38N8O2. The first-order valence-corrected chi connectivity index (χ1v) is 14.6. The minimum atomic E-state index is -0.233. The van der Waals surface area contributed by atoms with Gasteiger partial charge < -0.3 is 25.6 Å². The molecule has 42 heavy (non-hydrogen) atoms. The van der Waals surface area contributed by atoms with Crippen molar-refractivity contribution in [1.82, 2.24) is 30.0 Å². The third kappa shape index (κ3) is 6.29. The number of anilines is 2. The van der Waals surface area contributed by atoms with Gasteiger partial charge in [-0.25, -0.2) is 9.97 Å². The van der Waals surface area contributed by atoms with E-state index in [1.165, 1.54) is 0 Å². The molecule has 2 aliphatic rings. The molecule has 1 aromatic carbocycles. The van der Waals surface area contributed by atoms with E-state index >= 15 is 0 Å². The van der Waals surface area contributed by atoms with Crippen LogP contribution in [0.15, 0.2) is 67.3 Å². The number of ether oxygens (including phenoxy) is 1. The van der Waals surface area contributed by atoms with Gasteiger partial charge in [0.1, 0.15) is 11.6 Å². The lowest BCUT2D eigenvalue weighted by atomic mass is 10.1. The number of benzene rings is 1. The zero-order valence-corrected chi connectivity index (χ0v) is 24.2. The second-order valence-corrected chi connectivity index (χ2v) is 11.3. The molecule has 3 aromatic heterocycles. The number of carbonyl (C=O) groups is 1. The van der Waals surface area contributed by atoms with Crippen LogP contribution in [0.2, 0.25) is 0 Å². The van der Waals surface area contributed by atoms with E-state index < -0.39 is 0 Å². The van der Waals surface area contributed by atoms with Crippen molar-refractivity contribution in [1.29, 1.82) is 0 Å². The van der Waals surface area contributed by atoms with Gasteiger partial charge in [-0.2, -0.15) is 5.10 Å². The van der Waals surface area contributed by atoms with E-state index in [9.17, 15) is 4.79 Å². The molecule has 6 rings (SSSR count). The number of nitrogen functional groups attached to an aromatic ring is 1. The number of amides is 1. The predicted octanol–water partition coefficient (Wildman–Crippen LogP) is 3.75. The first-order valence-electron chi connectivity index (χ1n) is 14.6. The van der Waals surface area contributed by atoms with Crippen LogP contribution in [0, 0.1) is 0 Å². The summed E-state index contributed by atoms with van der Waals surface area (Å²) < 4.78 is 8.02. The second-order valence-electron chi connectivity index (χ2n) is 11.3. The Morgan fingerprint density at radius 3 is 2.40 bits per heavy atom. The highest BCUT2D eigenvalue weighted by molar-refractivity contribution is 5.99. The normalized spacial score (nSPS) is 19.2. The molecule has 0 spiro atoms. The largest absolute Gasteiger partial charge is 0.383 e. The van der Waals surface area contributed by atoms with Gasteiger partial charge in [0.2, 0.25) is 0 Å². The van der Waals surface area contributed by atoms with E-state index in [-0.39, 0.29) is 23.9 Å². The van der Waals surface area contributed by atoms with E-state index in [1.54, 1.807) is 23.1 Å². The topological polar surface area (TPSA) is 114 Å². The van der Waals surface area contributed by atoms with Gasteiger partial charge in [-0.05, 0) is 55.6 Å². The summed E-state index contributed by atoms with van der Waals surface area (Å²) in [5.41, 5.74) is 11.4.